The summed E-state index contributed by atoms with van der Waals surface area (Å²) in [5, 5.41) is 11.8. The first-order chi connectivity index (χ1) is 12.4. The Morgan fingerprint density at radius 1 is 0.962 bits per heavy atom. The second-order valence-corrected chi connectivity index (χ2v) is 6.18. The quantitative estimate of drug-likeness (QED) is 0.796. The number of rotatable bonds is 7. The Morgan fingerprint density at radius 2 is 1.58 bits per heavy atom. The topological polar surface area (TPSA) is 86.7 Å². The molecular weight excluding hydrogens is 332 g/mol. The van der Waals surface area contributed by atoms with Crippen molar-refractivity contribution in [2.24, 2.45) is 0 Å². The van der Waals surface area contributed by atoms with Gasteiger partial charge in [-0.2, -0.15) is 0 Å². The summed E-state index contributed by atoms with van der Waals surface area (Å²) in [5.41, 5.74) is 2.40. The molecular formula is C20H22N2O4. The zero-order valence-electron chi connectivity index (χ0n) is 14.9. The SMILES string of the molecule is CN(C)C(=O)c1cccc(CCNC(=O)Cc2cccc(C(=O)O)c2)c1. The van der Waals surface area contributed by atoms with Gasteiger partial charge in [0.05, 0.1) is 12.0 Å². The van der Waals surface area contributed by atoms with E-state index < -0.39 is 5.97 Å². The first kappa shape index (κ1) is 19.2. The Labute approximate surface area is 152 Å². The largest absolute Gasteiger partial charge is 0.478 e. The van der Waals surface area contributed by atoms with Crippen molar-refractivity contribution in [3.8, 4) is 0 Å². The van der Waals surface area contributed by atoms with Crippen LogP contribution in [0.5, 0.6) is 0 Å². The smallest absolute Gasteiger partial charge is 0.335 e. The molecule has 2 rings (SSSR count). The first-order valence-corrected chi connectivity index (χ1v) is 8.26. The molecule has 0 aromatic heterocycles. The van der Waals surface area contributed by atoms with E-state index in [-0.39, 0.29) is 23.8 Å². The van der Waals surface area contributed by atoms with Crippen molar-refractivity contribution in [1.82, 2.24) is 10.2 Å². The van der Waals surface area contributed by atoms with E-state index in [0.717, 1.165) is 5.56 Å². The maximum Gasteiger partial charge on any atom is 0.335 e. The standard InChI is InChI=1S/C20H22N2O4/c1-22(2)19(24)16-7-3-5-14(11-16)9-10-21-18(23)13-15-6-4-8-17(12-15)20(25)26/h3-8,11-12H,9-10,13H2,1-2H3,(H,21,23)(H,25,26). The Balaban J connectivity index is 1.87. The molecule has 0 aliphatic carbocycles. The fraction of sp³-hybridized carbons (Fsp3) is 0.250. The summed E-state index contributed by atoms with van der Waals surface area (Å²) in [6.07, 6.45) is 0.732. The van der Waals surface area contributed by atoms with Gasteiger partial charge in [0.2, 0.25) is 5.91 Å². The zero-order valence-corrected chi connectivity index (χ0v) is 14.9. The van der Waals surface area contributed by atoms with E-state index in [2.05, 4.69) is 5.32 Å². The molecule has 0 spiro atoms. The molecule has 0 atom stereocenters. The van der Waals surface area contributed by atoms with Crippen molar-refractivity contribution in [1.29, 1.82) is 0 Å². The molecule has 0 radical (unpaired) electrons. The van der Waals surface area contributed by atoms with Crippen LogP contribution in [0.4, 0.5) is 0 Å². The van der Waals surface area contributed by atoms with Crippen LogP contribution in [0.3, 0.4) is 0 Å². The van der Waals surface area contributed by atoms with E-state index in [1.165, 1.54) is 17.0 Å². The number of carbonyl (C=O) groups is 3. The van der Waals surface area contributed by atoms with E-state index in [1.54, 1.807) is 32.3 Å². The van der Waals surface area contributed by atoms with Gasteiger partial charge in [-0.1, -0.05) is 24.3 Å². The van der Waals surface area contributed by atoms with Crippen LogP contribution in [-0.4, -0.2) is 48.4 Å². The van der Waals surface area contributed by atoms with Gasteiger partial charge in [0.25, 0.3) is 5.91 Å². The van der Waals surface area contributed by atoms with Crippen molar-refractivity contribution in [2.45, 2.75) is 12.8 Å². The van der Waals surface area contributed by atoms with Crippen LogP contribution in [0, 0.1) is 0 Å². The summed E-state index contributed by atoms with van der Waals surface area (Å²) >= 11 is 0. The highest BCUT2D eigenvalue weighted by molar-refractivity contribution is 5.94. The Bertz CT molecular complexity index is 815. The number of carboxylic acids is 1. The minimum Gasteiger partial charge on any atom is -0.478 e. The molecule has 0 saturated carbocycles. The number of aromatic carboxylic acids is 1. The monoisotopic (exact) mass is 354 g/mol. The van der Waals surface area contributed by atoms with Crippen LogP contribution in [-0.2, 0) is 17.6 Å². The van der Waals surface area contributed by atoms with Gasteiger partial charge in [-0.25, -0.2) is 4.79 Å². The number of nitrogens with one attached hydrogen (secondary N) is 1. The van der Waals surface area contributed by atoms with Gasteiger partial charge < -0.3 is 15.3 Å². The minimum atomic E-state index is -1.01. The molecule has 136 valence electrons. The van der Waals surface area contributed by atoms with Crippen molar-refractivity contribution in [3.63, 3.8) is 0 Å². The molecule has 0 bridgehead atoms. The highest BCUT2D eigenvalue weighted by Crippen LogP contribution is 2.08. The lowest BCUT2D eigenvalue weighted by atomic mass is 10.1. The van der Waals surface area contributed by atoms with Crippen molar-refractivity contribution in [2.75, 3.05) is 20.6 Å². The van der Waals surface area contributed by atoms with Gasteiger partial charge in [-0.05, 0) is 41.8 Å². The molecule has 0 heterocycles. The highest BCUT2D eigenvalue weighted by atomic mass is 16.4. The Kier molecular flexibility index (Phi) is 6.49. The van der Waals surface area contributed by atoms with Crippen LogP contribution in [0.1, 0.15) is 31.8 Å². The summed E-state index contributed by atoms with van der Waals surface area (Å²) in [5.74, 6) is -1.25. The number of nitrogens with zero attached hydrogens (tertiary/aromatic N) is 1. The Morgan fingerprint density at radius 3 is 2.23 bits per heavy atom. The molecule has 0 unspecified atom stereocenters. The molecule has 0 aliphatic rings. The van der Waals surface area contributed by atoms with E-state index in [9.17, 15) is 14.4 Å². The normalized spacial score (nSPS) is 10.2. The second-order valence-electron chi connectivity index (χ2n) is 6.18. The lowest BCUT2D eigenvalue weighted by Gasteiger charge is -2.11. The molecule has 2 amide bonds. The summed E-state index contributed by atoms with van der Waals surface area (Å²) in [4.78, 5) is 36.5. The fourth-order valence-electron chi connectivity index (χ4n) is 2.53. The maximum absolute atomic E-state index is 12.0. The number of carbonyl (C=O) groups excluding carboxylic acids is 2. The van der Waals surface area contributed by atoms with E-state index in [1.807, 2.05) is 18.2 Å². The molecule has 0 fully saturated rings. The average molecular weight is 354 g/mol. The van der Waals surface area contributed by atoms with E-state index >= 15 is 0 Å². The molecule has 0 aliphatic heterocycles. The van der Waals surface area contributed by atoms with Gasteiger partial charge in [0, 0.05) is 26.2 Å². The lowest BCUT2D eigenvalue weighted by Crippen LogP contribution is -2.27. The second kappa shape index (κ2) is 8.80. The molecule has 26 heavy (non-hydrogen) atoms. The summed E-state index contributed by atoms with van der Waals surface area (Å²) in [7, 11) is 3.41. The van der Waals surface area contributed by atoms with Gasteiger partial charge in [-0.15, -0.1) is 0 Å². The lowest BCUT2D eigenvalue weighted by molar-refractivity contribution is -0.120. The van der Waals surface area contributed by atoms with Gasteiger partial charge in [0.15, 0.2) is 0 Å². The molecule has 6 nitrogen and oxygen atoms in total. The molecule has 6 heteroatoms. The van der Waals surface area contributed by atoms with Crippen molar-refractivity contribution in [3.05, 3.63) is 70.8 Å². The highest BCUT2D eigenvalue weighted by Gasteiger charge is 2.09. The predicted molar refractivity (Wildman–Crippen MR) is 98.3 cm³/mol. The Hall–Kier alpha value is -3.15. The number of hydrogen-bond donors (Lipinski definition) is 2. The van der Waals surface area contributed by atoms with Gasteiger partial charge >= 0.3 is 5.97 Å². The predicted octanol–water partition coefficient (Wildman–Crippen LogP) is 1.99. The van der Waals surface area contributed by atoms with Crippen LogP contribution >= 0.6 is 0 Å². The van der Waals surface area contributed by atoms with Gasteiger partial charge in [-0.3, -0.25) is 9.59 Å². The molecule has 2 aromatic rings. The first-order valence-electron chi connectivity index (χ1n) is 8.26. The van der Waals surface area contributed by atoms with Crippen LogP contribution in [0.15, 0.2) is 48.5 Å². The van der Waals surface area contributed by atoms with E-state index in [0.29, 0.717) is 24.1 Å². The van der Waals surface area contributed by atoms with Gasteiger partial charge in [0.1, 0.15) is 0 Å². The zero-order chi connectivity index (χ0) is 19.1. The molecule has 0 saturated heterocycles. The minimum absolute atomic E-state index is 0.0609. The van der Waals surface area contributed by atoms with Crippen LogP contribution in [0.2, 0.25) is 0 Å². The summed E-state index contributed by atoms with van der Waals surface area (Å²) in [6.45, 7) is 0.442. The van der Waals surface area contributed by atoms with Crippen LogP contribution in [0.25, 0.3) is 0 Å². The van der Waals surface area contributed by atoms with Crippen LogP contribution < -0.4 is 5.32 Å². The number of amides is 2. The third-order valence-electron chi connectivity index (χ3n) is 3.85. The van der Waals surface area contributed by atoms with Crippen molar-refractivity contribution >= 4 is 17.8 Å². The third-order valence-corrected chi connectivity index (χ3v) is 3.85. The summed E-state index contributed by atoms with van der Waals surface area (Å²) < 4.78 is 0. The summed E-state index contributed by atoms with van der Waals surface area (Å²) in [6, 6.07) is 13.7. The fourth-order valence-corrected chi connectivity index (χ4v) is 2.53. The number of carboxylic acid groups (broad SMARTS) is 1. The molecule has 2 aromatic carbocycles. The average Bonchev–Trinajstić information content (AvgIpc) is 2.61. The number of benzene rings is 2. The van der Waals surface area contributed by atoms with E-state index in [4.69, 9.17) is 5.11 Å². The number of hydrogen-bond acceptors (Lipinski definition) is 3. The molecule has 2 N–H and O–H groups in total. The van der Waals surface area contributed by atoms with Crippen molar-refractivity contribution < 1.29 is 19.5 Å². The third kappa shape index (κ3) is 5.44. The maximum atomic E-state index is 12.0.